The molecule has 0 saturated heterocycles. The monoisotopic (exact) mass is 411 g/mol. The highest BCUT2D eigenvalue weighted by atomic mass is 35.5. The van der Waals surface area contributed by atoms with Gasteiger partial charge in [0.25, 0.3) is 11.4 Å². The Hall–Kier alpha value is -1.76. The first kappa shape index (κ1) is 21.0. The summed E-state index contributed by atoms with van der Waals surface area (Å²) in [6, 6.07) is 0.204. The van der Waals surface area contributed by atoms with Crippen LogP contribution in [0.1, 0.15) is 47.5 Å². The Labute approximate surface area is 170 Å². The van der Waals surface area contributed by atoms with Crippen molar-refractivity contribution in [3.05, 3.63) is 15.4 Å². The topological polar surface area (TPSA) is 82.5 Å². The summed E-state index contributed by atoms with van der Waals surface area (Å²) in [4.78, 5) is 24.4. The molecule has 0 unspecified atom stereocenters. The molecule has 8 heteroatoms. The number of nitrogens with zero attached hydrogens (tertiary/aromatic N) is 2. The number of rotatable bonds is 7. The van der Waals surface area contributed by atoms with Gasteiger partial charge in [0.15, 0.2) is 0 Å². The summed E-state index contributed by atoms with van der Waals surface area (Å²) >= 11 is 6.40. The lowest BCUT2D eigenvalue weighted by atomic mass is 9.45. The van der Waals surface area contributed by atoms with E-state index in [-0.39, 0.29) is 30.1 Å². The number of fused-ring (bicyclic) bond motifs is 2. The van der Waals surface area contributed by atoms with Crippen molar-refractivity contribution in [2.24, 2.45) is 23.2 Å². The lowest BCUT2D eigenvalue weighted by Crippen LogP contribution is -2.58. The average Bonchev–Trinajstić information content (AvgIpc) is 2.63. The van der Waals surface area contributed by atoms with Crippen LogP contribution in [0.15, 0.2) is 4.79 Å². The SMILES string of the molecule is CCOC(=O)Cn1nc(OCC)c(N[C@@H]2C[C@H]3C[C@H]([C@@H]2C)C3(C)C)c(Cl)c1=O. The van der Waals surface area contributed by atoms with Crippen LogP contribution in [0.25, 0.3) is 0 Å². The van der Waals surface area contributed by atoms with Crippen molar-refractivity contribution in [1.82, 2.24) is 9.78 Å². The van der Waals surface area contributed by atoms with Crippen LogP contribution < -0.4 is 15.6 Å². The number of halogens is 1. The number of hydrogen-bond donors (Lipinski definition) is 1. The molecule has 1 heterocycles. The second-order valence-electron chi connectivity index (χ2n) is 8.40. The van der Waals surface area contributed by atoms with Crippen molar-refractivity contribution in [3.8, 4) is 5.88 Å². The number of esters is 1. The van der Waals surface area contributed by atoms with Gasteiger partial charge in [0.05, 0.1) is 13.2 Å². The molecule has 0 aromatic carbocycles. The minimum atomic E-state index is -0.542. The third-order valence-corrected chi connectivity index (χ3v) is 6.97. The van der Waals surface area contributed by atoms with Crippen molar-refractivity contribution in [1.29, 1.82) is 0 Å². The van der Waals surface area contributed by atoms with Gasteiger partial charge in [0, 0.05) is 6.04 Å². The Morgan fingerprint density at radius 1 is 1.32 bits per heavy atom. The van der Waals surface area contributed by atoms with Gasteiger partial charge in [-0.25, -0.2) is 4.68 Å². The predicted octanol–water partition coefficient (Wildman–Crippen LogP) is 3.34. The quantitative estimate of drug-likeness (QED) is 0.693. The molecule has 2 bridgehead atoms. The van der Waals surface area contributed by atoms with Gasteiger partial charge in [-0.3, -0.25) is 9.59 Å². The molecule has 1 N–H and O–H groups in total. The molecule has 0 radical (unpaired) electrons. The zero-order chi connectivity index (χ0) is 20.6. The van der Waals surface area contributed by atoms with Crippen molar-refractivity contribution in [2.75, 3.05) is 18.5 Å². The molecule has 28 heavy (non-hydrogen) atoms. The zero-order valence-electron chi connectivity index (χ0n) is 17.3. The van der Waals surface area contributed by atoms with E-state index in [2.05, 4.69) is 31.2 Å². The molecule has 0 amide bonds. The number of aromatic nitrogens is 2. The standard InChI is InChI=1S/C20H30ClN3O4/c1-6-27-15(25)10-24-19(26)16(21)17(18(23-24)28-7-2)22-14-9-12-8-13(11(14)3)20(12,4)5/h11-14,22H,6-10H2,1-5H3/t11-,12+,13+,14+/m0/s1. The van der Waals surface area contributed by atoms with Crippen LogP contribution in [-0.2, 0) is 16.1 Å². The van der Waals surface area contributed by atoms with E-state index in [4.69, 9.17) is 21.1 Å². The summed E-state index contributed by atoms with van der Waals surface area (Å²) in [5, 5.41) is 7.67. The van der Waals surface area contributed by atoms with Gasteiger partial charge in [0.1, 0.15) is 17.3 Å². The molecule has 1 aromatic rings. The zero-order valence-corrected chi connectivity index (χ0v) is 18.0. The summed E-state index contributed by atoms with van der Waals surface area (Å²) in [5.41, 5.74) is 0.255. The highest BCUT2D eigenvalue weighted by Crippen LogP contribution is 2.61. The molecule has 7 nitrogen and oxygen atoms in total. The average molecular weight is 412 g/mol. The smallest absolute Gasteiger partial charge is 0.327 e. The van der Waals surface area contributed by atoms with Crippen molar-refractivity contribution in [2.45, 2.75) is 60.0 Å². The van der Waals surface area contributed by atoms with Crippen LogP contribution in [0.3, 0.4) is 0 Å². The minimum absolute atomic E-state index is 0.00606. The van der Waals surface area contributed by atoms with Crippen molar-refractivity contribution in [3.63, 3.8) is 0 Å². The number of carbonyl (C=O) groups excluding carboxylic acids is 1. The Kier molecular flexibility index (Phi) is 5.94. The molecule has 3 fully saturated rings. The van der Waals surface area contributed by atoms with Crippen LogP contribution in [-0.4, -0.2) is 35.0 Å². The third kappa shape index (κ3) is 3.61. The van der Waals surface area contributed by atoms with E-state index in [1.165, 1.54) is 6.42 Å². The van der Waals surface area contributed by atoms with E-state index in [1.54, 1.807) is 6.92 Å². The van der Waals surface area contributed by atoms with Crippen LogP contribution in [0.2, 0.25) is 5.02 Å². The summed E-state index contributed by atoms with van der Waals surface area (Å²) in [5.74, 6) is 1.46. The summed E-state index contributed by atoms with van der Waals surface area (Å²) in [6.07, 6.45) is 2.29. The Morgan fingerprint density at radius 3 is 2.61 bits per heavy atom. The summed E-state index contributed by atoms with van der Waals surface area (Å²) < 4.78 is 11.5. The summed E-state index contributed by atoms with van der Waals surface area (Å²) in [6.45, 7) is 10.8. The molecule has 0 spiro atoms. The fourth-order valence-corrected chi connectivity index (χ4v) is 5.08. The lowest BCUT2D eigenvalue weighted by molar-refractivity contribution is -0.144. The number of ether oxygens (including phenoxy) is 2. The molecule has 3 saturated carbocycles. The van der Waals surface area contributed by atoms with E-state index in [0.29, 0.717) is 35.5 Å². The van der Waals surface area contributed by atoms with E-state index in [1.807, 2.05) is 6.92 Å². The fourth-order valence-electron chi connectivity index (χ4n) is 4.84. The molecule has 1 aromatic heterocycles. The maximum Gasteiger partial charge on any atom is 0.327 e. The van der Waals surface area contributed by atoms with E-state index in [9.17, 15) is 9.59 Å². The van der Waals surface area contributed by atoms with Crippen LogP contribution >= 0.6 is 11.6 Å². The molecule has 3 aliphatic rings. The number of carbonyl (C=O) groups is 1. The van der Waals surface area contributed by atoms with Crippen LogP contribution in [0.4, 0.5) is 5.69 Å². The number of anilines is 1. The van der Waals surface area contributed by atoms with Gasteiger partial charge in [-0.2, -0.15) is 0 Å². The van der Waals surface area contributed by atoms with Crippen molar-refractivity contribution < 1.29 is 14.3 Å². The van der Waals surface area contributed by atoms with Gasteiger partial charge in [-0.15, -0.1) is 5.10 Å². The molecular formula is C20H30ClN3O4. The molecule has 4 rings (SSSR count). The van der Waals surface area contributed by atoms with Crippen LogP contribution in [0.5, 0.6) is 5.88 Å². The van der Waals surface area contributed by atoms with Gasteiger partial charge in [0.2, 0.25) is 0 Å². The van der Waals surface area contributed by atoms with Gasteiger partial charge in [-0.1, -0.05) is 32.4 Å². The predicted molar refractivity (Wildman–Crippen MR) is 108 cm³/mol. The molecule has 3 aliphatic carbocycles. The van der Waals surface area contributed by atoms with Gasteiger partial charge < -0.3 is 14.8 Å². The minimum Gasteiger partial charge on any atom is -0.475 e. The second kappa shape index (κ2) is 7.93. The largest absolute Gasteiger partial charge is 0.475 e. The normalized spacial score (nSPS) is 27.6. The molecule has 4 atom stereocenters. The molecular weight excluding hydrogens is 382 g/mol. The lowest BCUT2D eigenvalue weighted by Gasteiger charge is -2.62. The Morgan fingerprint density at radius 2 is 2.04 bits per heavy atom. The maximum atomic E-state index is 12.7. The Bertz CT molecular complexity index is 807. The maximum absolute atomic E-state index is 12.7. The van der Waals surface area contributed by atoms with E-state index < -0.39 is 11.5 Å². The van der Waals surface area contributed by atoms with Crippen LogP contribution in [0, 0.1) is 23.2 Å². The third-order valence-electron chi connectivity index (χ3n) is 6.62. The molecule has 156 valence electrons. The highest BCUT2D eigenvalue weighted by molar-refractivity contribution is 6.33. The first-order valence-corrected chi connectivity index (χ1v) is 10.4. The van der Waals surface area contributed by atoms with Crippen molar-refractivity contribution >= 4 is 23.3 Å². The number of hydrogen-bond acceptors (Lipinski definition) is 6. The summed E-state index contributed by atoms with van der Waals surface area (Å²) in [7, 11) is 0. The van der Waals surface area contributed by atoms with E-state index in [0.717, 1.165) is 11.1 Å². The fraction of sp³-hybridized carbons (Fsp3) is 0.750. The van der Waals surface area contributed by atoms with Gasteiger partial charge >= 0.3 is 5.97 Å². The van der Waals surface area contributed by atoms with Gasteiger partial charge in [-0.05, 0) is 49.9 Å². The number of nitrogens with one attached hydrogen (secondary N) is 1. The van der Waals surface area contributed by atoms with E-state index >= 15 is 0 Å². The molecule has 0 aliphatic heterocycles. The highest BCUT2D eigenvalue weighted by Gasteiger charge is 2.56. The second-order valence-corrected chi connectivity index (χ2v) is 8.78. The first-order chi connectivity index (χ1) is 13.2. The first-order valence-electron chi connectivity index (χ1n) is 10.1. The Balaban J connectivity index is 1.87.